The zero-order valence-electron chi connectivity index (χ0n) is 9.22. The quantitative estimate of drug-likeness (QED) is 0.735. The highest BCUT2D eigenvalue weighted by Gasteiger charge is 2.30. The molecule has 0 atom stereocenters. The van der Waals surface area contributed by atoms with Crippen molar-refractivity contribution in [3.63, 3.8) is 0 Å². The highest BCUT2D eigenvalue weighted by Crippen LogP contribution is 2.22. The third-order valence-corrected chi connectivity index (χ3v) is 4.86. The summed E-state index contributed by atoms with van der Waals surface area (Å²) in [6, 6.07) is 6.32. The van der Waals surface area contributed by atoms with E-state index < -0.39 is 28.8 Å². The van der Waals surface area contributed by atoms with E-state index in [1.165, 1.54) is 13.0 Å². The molecule has 0 aliphatic carbocycles. The van der Waals surface area contributed by atoms with Crippen LogP contribution in [0.3, 0.4) is 0 Å². The van der Waals surface area contributed by atoms with E-state index in [4.69, 9.17) is 10.2 Å². The summed E-state index contributed by atoms with van der Waals surface area (Å²) < 4.78 is 26.7. The van der Waals surface area contributed by atoms with Gasteiger partial charge in [0.15, 0.2) is 0 Å². The maximum absolute atomic E-state index is 12.0. The summed E-state index contributed by atoms with van der Waals surface area (Å²) in [4.78, 5) is 0.0631. The lowest BCUT2D eigenvalue weighted by Gasteiger charge is -2.26. The molecular weight excluding hydrogens is 310 g/mol. The molecule has 0 aliphatic heterocycles. The molecule has 1 rings (SSSR count). The number of aliphatic hydroxyl groups excluding tert-OH is 2. The molecule has 1 aromatic rings. The average molecular weight is 324 g/mol. The van der Waals surface area contributed by atoms with Crippen molar-refractivity contribution in [2.24, 2.45) is 0 Å². The number of sulfonamides is 1. The Kier molecular flexibility index (Phi) is 4.68. The summed E-state index contributed by atoms with van der Waals surface area (Å²) in [5.41, 5.74) is -1.28. The molecule has 96 valence electrons. The first-order chi connectivity index (χ1) is 7.84. The Hall–Kier alpha value is -0.470. The third kappa shape index (κ3) is 3.49. The van der Waals surface area contributed by atoms with Crippen molar-refractivity contribution >= 4 is 26.0 Å². The van der Waals surface area contributed by atoms with Gasteiger partial charge in [0.25, 0.3) is 0 Å². The molecular formula is C10H14BrNO4S. The standard InChI is InChI=1S/C10H14BrNO4S/c1-10(6-13,7-14)12-17(15,16)9-5-3-2-4-8(9)11/h2-5,12-14H,6-7H2,1H3. The summed E-state index contributed by atoms with van der Waals surface area (Å²) in [7, 11) is -3.79. The number of hydrogen-bond donors (Lipinski definition) is 3. The van der Waals surface area contributed by atoms with Crippen molar-refractivity contribution < 1.29 is 18.6 Å². The van der Waals surface area contributed by atoms with Crippen LogP contribution in [-0.4, -0.2) is 37.4 Å². The molecule has 0 saturated heterocycles. The maximum Gasteiger partial charge on any atom is 0.242 e. The van der Waals surface area contributed by atoms with Crippen LogP contribution in [0.15, 0.2) is 33.6 Å². The molecule has 0 radical (unpaired) electrons. The zero-order valence-corrected chi connectivity index (χ0v) is 11.6. The van der Waals surface area contributed by atoms with Crippen molar-refractivity contribution in [2.75, 3.05) is 13.2 Å². The second-order valence-electron chi connectivity index (χ2n) is 3.91. The van der Waals surface area contributed by atoms with Crippen LogP contribution in [0.4, 0.5) is 0 Å². The van der Waals surface area contributed by atoms with E-state index in [9.17, 15) is 8.42 Å². The molecule has 0 aromatic heterocycles. The fraction of sp³-hybridized carbons (Fsp3) is 0.400. The van der Waals surface area contributed by atoms with E-state index in [1.54, 1.807) is 18.2 Å². The van der Waals surface area contributed by atoms with E-state index in [2.05, 4.69) is 20.7 Å². The van der Waals surface area contributed by atoms with Gasteiger partial charge in [-0.2, -0.15) is 0 Å². The van der Waals surface area contributed by atoms with E-state index in [0.29, 0.717) is 4.47 Å². The number of nitrogens with one attached hydrogen (secondary N) is 1. The summed E-state index contributed by atoms with van der Waals surface area (Å²) in [6.45, 7) is 0.432. The minimum atomic E-state index is -3.79. The number of benzene rings is 1. The Morgan fingerprint density at radius 3 is 2.29 bits per heavy atom. The average Bonchev–Trinajstić information content (AvgIpc) is 2.28. The van der Waals surface area contributed by atoms with Crippen LogP contribution in [0.2, 0.25) is 0 Å². The summed E-state index contributed by atoms with van der Waals surface area (Å²) >= 11 is 3.14. The first kappa shape index (κ1) is 14.6. The number of rotatable bonds is 5. The summed E-state index contributed by atoms with van der Waals surface area (Å²) in [5, 5.41) is 18.1. The lowest BCUT2D eigenvalue weighted by atomic mass is 10.1. The Morgan fingerprint density at radius 2 is 1.82 bits per heavy atom. The van der Waals surface area contributed by atoms with Gasteiger partial charge in [0.1, 0.15) is 0 Å². The molecule has 0 saturated carbocycles. The molecule has 3 N–H and O–H groups in total. The maximum atomic E-state index is 12.0. The molecule has 0 aliphatic rings. The van der Waals surface area contributed by atoms with Crippen LogP contribution in [0, 0.1) is 0 Å². The molecule has 0 spiro atoms. The van der Waals surface area contributed by atoms with E-state index >= 15 is 0 Å². The molecule has 17 heavy (non-hydrogen) atoms. The Bertz CT molecular complexity index is 485. The molecule has 5 nitrogen and oxygen atoms in total. The van der Waals surface area contributed by atoms with Crippen LogP contribution in [0.1, 0.15) is 6.92 Å². The van der Waals surface area contributed by atoms with Crippen LogP contribution in [0.25, 0.3) is 0 Å². The Balaban J connectivity index is 3.10. The summed E-state index contributed by atoms with van der Waals surface area (Å²) in [5.74, 6) is 0. The monoisotopic (exact) mass is 323 g/mol. The van der Waals surface area contributed by atoms with Gasteiger partial charge in [0, 0.05) is 4.47 Å². The van der Waals surface area contributed by atoms with Gasteiger partial charge in [0.2, 0.25) is 10.0 Å². The van der Waals surface area contributed by atoms with E-state index in [0.717, 1.165) is 0 Å². The van der Waals surface area contributed by atoms with Gasteiger partial charge in [-0.15, -0.1) is 0 Å². The minimum absolute atomic E-state index is 0.0631. The molecule has 0 unspecified atom stereocenters. The molecule has 1 aromatic carbocycles. The van der Waals surface area contributed by atoms with Crippen LogP contribution < -0.4 is 4.72 Å². The minimum Gasteiger partial charge on any atom is -0.394 e. The lowest BCUT2D eigenvalue weighted by Crippen LogP contribution is -2.51. The highest BCUT2D eigenvalue weighted by molar-refractivity contribution is 9.10. The number of hydrogen-bond acceptors (Lipinski definition) is 4. The number of aliphatic hydroxyl groups is 2. The van der Waals surface area contributed by atoms with Crippen LogP contribution in [0.5, 0.6) is 0 Å². The van der Waals surface area contributed by atoms with Crippen LogP contribution in [-0.2, 0) is 10.0 Å². The first-order valence-electron chi connectivity index (χ1n) is 4.85. The van der Waals surface area contributed by atoms with Crippen molar-refractivity contribution in [1.82, 2.24) is 4.72 Å². The van der Waals surface area contributed by atoms with Gasteiger partial charge in [-0.25, -0.2) is 13.1 Å². The lowest BCUT2D eigenvalue weighted by molar-refractivity contribution is 0.121. The third-order valence-electron chi connectivity index (χ3n) is 2.20. The molecule has 0 fully saturated rings. The van der Waals surface area contributed by atoms with Crippen molar-refractivity contribution in [2.45, 2.75) is 17.4 Å². The normalized spacial score (nSPS) is 12.7. The topological polar surface area (TPSA) is 86.6 Å². The van der Waals surface area contributed by atoms with Gasteiger partial charge >= 0.3 is 0 Å². The molecule has 0 heterocycles. The largest absolute Gasteiger partial charge is 0.394 e. The molecule has 7 heteroatoms. The van der Waals surface area contributed by atoms with Gasteiger partial charge in [-0.1, -0.05) is 12.1 Å². The smallest absolute Gasteiger partial charge is 0.242 e. The van der Waals surface area contributed by atoms with Crippen molar-refractivity contribution in [3.05, 3.63) is 28.7 Å². The fourth-order valence-electron chi connectivity index (χ4n) is 1.16. The SMILES string of the molecule is CC(CO)(CO)NS(=O)(=O)c1ccccc1Br. The molecule has 0 amide bonds. The second-order valence-corrected chi connectivity index (χ2v) is 6.42. The Labute approximate surface area is 109 Å². The second kappa shape index (κ2) is 5.45. The predicted molar refractivity (Wildman–Crippen MR) is 67.0 cm³/mol. The van der Waals surface area contributed by atoms with E-state index in [1.807, 2.05) is 0 Å². The predicted octanol–water partition coefficient (Wildman–Crippen LogP) is 0.471. The first-order valence-corrected chi connectivity index (χ1v) is 7.12. The van der Waals surface area contributed by atoms with Gasteiger partial charge in [-0.3, -0.25) is 0 Å². The van der Waals surface area contributed by atoms with Crippen molar-refractivity contribution in [1.29, 1.82) is 0 Å². The highest BCUT2D eigenvalue weighted by atomic mass is 79.9. The van der Waals surface area contributed by atoms with Gasteiger partial charge < -0.3 is 10.2 Å². The Morgan fingerprint density at radius 1 is 1.29 bits per heavy atom. The fourth-order valence-corrected chi connectivity index (χ4v) is 3.55. The van der Waals surface area contributed by atoms with Gasteiger partial charge in [-0.05, 0) is 35.0 Å². The number of halogens is 1. The summed E-state index contributed by atoms with van der Waals surface area (Å²) in [6.07, 6.45) is 0. The van der Waals surface area contributed by atoms with Gasteiger partial charge in [0.05, 0.1) is 23.6 Å². The molecule has 0 bridgehead atoms. The van der Waals surface area contributed by atoms with E-state index in [-0.39, 0.29) is 4.90 Å². The van der Waals surface area contributed by atoms with Crippen LogP contribution >= 0.6 is 15.9 Å². The zero-order chi connectivity index (χ0) is 13.1. The van der Waals surface area contributed by atoms with Crippen molar-refractivity contribution in [3.8, 4) is 0 Å².